The van der Waals surface area contributed by atoms with Gasteiger partial charge >= 0.3 is 0 Å². The molecule has 1 aromatic heterocycles. The molecule has 0 radical (unpaired) electrons. The SMILES string of the molecule is Cc1ccc(C)c(N=CN2CCC(c3nc(C4=NOC(c5ccccc5)C4)cs3)CC2)c1. The molecule has 0 saturated carbocycles. The maximum Gasteiger partial charge on any atom is 0.158 e. The zero-order valence-electron chi connectivity index (χ0n) is 18.6. The highest BCUT2D eigenvalue weighted by Gasteiger charge is 2.27. The highest BCUT2D eigenvalue weighted by Crippen LogP contribution is 2.33. The fourth-order valence-electron chi connectivity index (χ4n) is 4.25. The molecule has 3 aromatic rings. The van der Waals surface area contributed by atoms with Crippen LogP contribution in [0.3, 0.4) is 0 Å². The second-order valence-corrected chi connectivity index (χ2v) is 9.55. The van der Waals surface area contributed by atoms with E-state index in [1.54, 1.807) is 11.3 Å². The van der Waals surface area contributed by atoms with Gasteiger partial charge in [0.15, 0.2) is 6.10 Å². The highest BCUT2D eigenvalue weighted by molar-refractivity contribution is 7.10. The molecule has 32 heavy (non-hydrogen) atoms. The Morgan fingerprint density at radius 2 is 1.91 bits per heavy atom. The minimum absolute atomic E-state index is 0.00378. The first-order valence-electron chi connectivity index (χ1n) is 11.2. The molecule has 0 bridgehead atoms. The van der Waals surface area contributed by atoms with E-state index in [9.17, 15) is 0 Å². The van der Waals surface area contributed by atoms with E-state index >= 15 is 0 Å². The molecule has 1 unspecified atom stereocenters. The molecular weight excluding hydrogens is 416 g/mol. The lowest BCUT2D eigenvalue weighted by molar-refractivity contribution is 0.0857. The summed E-state index contributed by atoms with van der Waals surface area (Å²) in [5.74, 6) is 0.506. The van der Waals surface area contributed by atoms with Crippen molar-refractivity contribution < 1.29 is 4.84 Å². The lowest BCUT2D eigenvalue weighted by atomic mass is 9.98. The number of piperidine rings is 1. The largest absolute Gasteiger partial charge is 0.387 e. The first kappa shape index (κ1) is 20.9. The number of likely N-dealkylation sites (tertiary alicyclic amines) is 1. The van der Waals surface area contributed by atoms with Crippen molar-refractivity contribution in [2.24, 2.45) is 10.1 Å². The Hall–Kier alpha value is -2.99. The smallest absolute Gasteiger partial charge is 0.158 e. The van der Waals surface area contributed by atoms with Gasteiger partial charge in [-0.25, -0.2) is 9.98 Å². The Kier molecular flexibility index (Phi) is 6.04. The predicted molar refractivity (Wildman–Crippen MR) is 131 cm³/mol. The number of hydrogen-bond donors (Lipinski definition) is 0. The van der Waals surface area contributed by atoms with E-state index in [1.165, 1.54) is 16.1 Å². The molecule has 2 aliphatic heterocycles. The van der Waals surface area contributed by atoms with E-state index in [0.717, 1.165) is 55.0 Å². The Balaban J connectivity index is 1.17. The lowest BCUT2D eigenvalue weighted by Crippen LogP contribution is -2.31. The van der Waals surface area contributed by atoms with E-state index in [1.807, 2.05) is 24.5 Å². The van der Waals surface area contributed by atoms with Gasteiger partial charge in [0.1, 0.15) is 5.71 Å². The van der Waals surface area contributed by atoms with Crippen molar-refractivity contribution in [1.82, 2.24) is 9.88 Å². The Labute approximate surface area is 193 Å². The number of benzene rings is 2. The molecule has 2 aromatic carbocycles. The second kappa shape index (κ2) is 9.25. The number of hydrogen-bond acceptors (Lipinski definition) is 5. The number of oxime groups is 1. The van der Waals surface area contributed by atoms with E-state index in [4.69, 9.17) is 14.8 Å². The summed E-state index contributed by atoms with van der Waals surface area (Å²) < 4.78 is 0. The average molecular weight is 445 g/mol. The third-order valence-electron chi connectivity index (χ3n) is 6.26. The van der Waals surface area contributed by atoms with Gasteiger partial charge in [0.25, 0.3) is 0 Å². The van der Waals surface area contributed by atoms with Crippen LogP contribution < -0.4 is 0 Å². The van der Waals surface area contributed by atoms with Gasteiger partial charge in [0.2, 0.25) is 0 Å². The van der Waals surface area contributed by atoms with Crippen LogP contribution in [0.1, 0.15) is 58.7 Å². The third-order valence-corrected chi connectivity index (χ3v) is 7.27. The summed E-state index contributed by atoms with van der Waals surface area (Å²) in [6, 6.07) is 16.7. The topological polar surface area (TPSA) is 50.1 Å². The van der Waals surface area contributed by atoms with Crippen LogP contribution in [-0.2, 0) is 4.84 Å². The second-order valence-electron chi connectivity index (χ2n) is 8.66. The van der Waals surface area contributed by atoms with Gasteiger partial charge in [-0.2, -0.15) is 0 Å². The van der Waals surface area contributed by atoms with Gasteiger partial charge in [0, 0.05) is 30.8 Å². The number of aryl methyl sites for hydroxylation is 2. The van der Waals surface area contributed by atoms with Crippen LogP contribution in [0.2, 0.25) is 0 Å². The molecule has 0 N–H and O–H groups in total. The number of thiazole rings is 1. The number of rotatable bonds is 5. The van der Waals surface area contributed by atoms with Crippen LogP contribution in [0.25, 0.3) is 0 Å². The van der Waals surface area contributed by atoms with E-state index in [-0.39, 0.29) is 6.10 Å². The van der Waals surface area contributed by atoms with E-state index in [2.05, 4.69) is 59.6 Å². The van der Waals surface area contributed by atoms with E-state index in [0.29, 0.717) is 5.92 Å². The quantitative estimate of drug-likeness (QED) is 0.349. The highest BCUT2D eigenvalue weighted by atomic mass is 32.1. The monoisotopic (exact) mass is 444 g/mol. The average Bonchev–Trinajstić information content (AvgIpc) is 3.51. The summed E-state index contributed by atoms with van der Waals surface area (Å²) in [6.07, 6.45) is 4.99. The normalized spacial score (nSPS) is 19.4. The van der Waals surface area contributed by atoms with Crippen LogP contribution in [0.5, 0.6) is 0 Å². The zero-order chi connectivity index (χ0) is 21.9. The van der Waals surface area contributed by atoms with Crippen LogP contribution >= 0.6 is 11.3 Å². The molecule has 6 heteroatoms. The van der Waals surface area contributed by atoms with Crippen molar-refractivity contribution in [2.45, 2.75) is 45.1 Å². The lowest BCUT2D eigenvalue weighted by Gasteiger charge is -2.29. The maximum absolute atomic E-state index is 5.69. The van der Waals surface area contributed by atoms with Crippen LogP contribution in [0.4, 0.5) is 5.69 Å². The van der Waals surface area contributed by atoms with Gasteiger partial charge in [-0.15, -0.1) is 11.3 Å². The van der Waals surface area contributed by atoms with Gasteiger partial charge in [-0.1, -0.05) is 47.6 Å². The molecule has 0 spiro atoms. The minimum atomic E-state index is -0.00378. The summed E-state index contributed by atoms with van der Waals surface area (Å²) in [7, 11) is 0. The summed E-state index contributed by atoms with van der Waals surface area (Å²) in [5, 5.41) is 7.69. The molecule has 0 amide bonds. The molecule has 1 fully saturated rings. The van der Waals surface area contributed by atoms with Crippen molar-refractivity contribution in [3.8, 4) is 0 Å². The van der Waals surface area contributed by atoms with Crippen molar-refractivity contribution in [2.75, 3.05) is 13.1 Å². The van der Waals surface area contributed by atoms with Crippen LogP contribution in [0.15, 0.2) is 64.1 Å². The van der Waals surface area contributed by atoms with Crippen molar-refractivity contribution in [3.05, 3.63) is 81.3 Å². The van der Waals surface area contributed by atoms with Crippen LogP contribution in [-0.4, -0.2) is 35.0 Å². The molecule has 2 aliphatic rings. The first-order valence-corrected chi connectivity index (χ1v) is 12.1. The maximum atomic E-state index is 5.69. The Morgan fingerprint density at radius 1 is 1.09 bits per heavy atom. The predicted octanol–water partition coefficient (Wildman–Crippen LogP) is 6.17. The van der Waals surface area contributed by atoms with Crippen LogP contribution in [0, 0.1) is 13.8 Å². The number of nitrogens with zero attached hydrogens (tertiary/aromatic N) is 4. The fourth-order valence-corrected chi connectivity index (χ4v) is 5.25. The molecule has 5 nitrogen and oxygen atoms in total. The molecular formula is C26H28N4OS. The van der Waals surface area contributed by atoms with E-state index < -0.39 is 0 Å². The fraction of sp³-hybridized carbons (Fsp3) is 0.346. The molecule has 164 valence electrons. The molecule has 3 heterocycles. The summed E-state index contributed by atoms with van der Waals surface area (Å²) in [4.78, 5) is 17.7. The molecule has 0 aliphatic carbocycles. The zero-order valence-corrected chi connectivity index (χ0v) is 19.4. The van der Waals surface area contributed by atoms with Crippen molar-refractivity contribution in [3.63, 3.8) is 0 Å². The minimum Gasteiger partial charge on any atom is -0.387 e. The van der Waals surface area contributed by atoms with Gasteiger partial charge < -0.3 is 9.74 Å². The Bertz CT molecular complexity index is 1130. The van der Waals surface area contributed by atoms with Crippen molar-refractivity contribution in [1.29, 1.82) is 0 Å². The standard InChI is InChI=1S/C26H28N4OS/c1-18-8-9-19(2)22(14-18)27-17-30-12-10-21(11-13-30)26-28-24(16-32-26)23-15-25(31-29-23)20-6-4-3-5-7-20/h3-9,14,16-17,21,25H,10-13,15H2,1-2H3. The number of aromatic nitrogens is 1. The summed E-state index contributed by atoms with van der Waals surface area (Å²) in [6.45, 7) is 6.24. The van der Waals surface area contributed by atoms with Gasteiger partial charge in [0.05, 0.1) is 22.7 Å². The Morgan fingerprint density at radius 3 is 2.72 bits per heavy atom. The first-order chi connectivity index (χ1) is 15.7. The van der Waals surface area contributed by atoms with Gasteiger partial charge in [-0.05, 0) is 49.4 Å². The van der Waals surface area contributed by atoms with Crippen molar-refractivity contribution >= 4 is 29.1 Å². The third kappa shape index (κ3) is 4.60. The molecule has 1 saturated heterocycles. The summed E-state index contributed by atoms with van der Waals surface area (Å²) >= 11 is 1.76. The molecule has 1 atom stereocenters. The van der Waals surface area contributed by atoms with Gasteiger partial charge in [-0.3, -0.25) is 0 Å². The molecule has 5 rings (SSSR count). The number of aliphatic imine (C=N–C) groups is 1. The summed E-state index contributed by atoms with van der Waals surface area (Å²) in [5.41, 5.74) is 6.61.